The number of nitrogens with zero attached hydrogens (tertiary/aromatic N) is 8. The fourth-order valence-electron chi connectivity index (χ4n) is 9.19. The number of halogens is 9. The molecule has 3 aliphatic rings. The molecule has 2 saturated carbocycles. The number of amides is 1. The molecular formula is C44H35ClF8N10O4S. The number of alkyl halides is 6. The van der Waals surface area contributed by atoms with Crippen LogP contribution in [0.2, 0.25) is 5.02 Å². The highest BCUT2D eigenvalue weighted by Crippen LogP contribution is 2.68. The Morgan fingerprint density at radius 1 is 0.941 bits per heavy atom. The highest BCUT2D eigenvalue weighted by atomic mass is 35.5. The molecule has 4 aromatic heterocycles. The van der Waals surface area contributed by atoms with Gasteiger partial charge in [-0.1, -0.05) is 17.7 Å². The summed E-state index contributed by atoms with van der Waals surface area (Å²) in [6.07, 6.45) is -6.33. The molecule has 0 saturated heterocycles. The van der Waals surface area contributed by atoms with Crippen LogP contribution in [0.5, 0.6) is 0 Å². The Hall–Kier alpha value is -6.49. The van der Waals surface area contributed by atoms with E-state index in [4.69, 9.17) is 16.6 Å². The summed E-state index contributed by atoms with van der Waals surface area (Å²) in [5.74, 6) is -9.42. The van der Waals surface area contributed by atoms with Gasteiger partial charge in [-0.3, -0.25) is 28.2 Å². The number of carbonyl (C=O) groups excluding carboxylic acids is 1. The maximum atomic E-state index is 15.6. The first-order valence-corrected chi connectivity index (χ1v) is 23.0. The molecule has 1 amide bonds. The molecule has 3 aromatic carbocycles. The van der Waals surface area contributed by atoms with Gasteiger partial charge in [-0.15, -0.1) is 0 Å². The van der Waals surface area contributed by atoms with Crippen LogP contribution < -0.4 is 15.6 Å². The Bertz CT molecular complexity index is 3390. The van der Waals surface area contributed by atoms with Crippen molar-refractivity contribution in [3.8, 4) is 16.9 Å². The number of hydrogen-bond acceptors (Lipinski definition) is 9. The number of aryl methyl sites for hydroxylation is 2. The van der Waals surface area contributed by atoms with Gasteiger partial charge >= 0.3 is 0 Å². The average molecular weight is 987 g/mol. The molecule has 0 unspecified atom stereocenters. The molecule has 4 heterocycles. The molecule has 10 rings (SSSR count). The minimum Gasteiger partial charge on any atom is -0.344 e. The summed E-state index contributed by atoms with van der Waals surface area (Å²) >= 11 is 6.68. The quantitative estimate of drug-likeness (QED) is 0.102. The van der Waals surface area contributed by atoms with Gasteiger partial charge in [0.25, 0.3) is 24.3 Å². The van der Waals surface area contributed by atoms with Crippen LogP contribution in [-0.2, 0) is 40.3 Å². The van der Waals surface area contributed by atoms with Crippen molar-refractivity contribution < 1.29 is 48.3 Å². The molecule has 68 heavy (non-hydrogen) atoms. The van der Waals surface area contributed by atoms with Crippen LogP contribution in [0.1, 0.15) is 77.5 Å². The van der Waals surface area contributed by atoms with Crippen molar-refractivity contribution in [2.24, 2.45) is 5.92 Å². The van der Waals surface area contributed by atoms with Crippen LogP contribution in [-0.4, -0.2) is 65.1 Å². The predicted molar refractivity (Wildman–Crippen MR) is 231 cm³/mol. The molecule has 7 aromatic rings. The van der Waals surface area contributed by atoms with Gasteiger partial charge in [0.1, 0.15) is 47.8 Å². The lowest BCUT2D eigenvalue weighted by Gasteiger charge is -2.24. The van der Waals surface area contributed by atoms with E-state index in [-0.39, 0.29) is 50.1 Å². The summed E-state index contributed by atoms with van der Waals surface area (Å²) in [4.78, 5) is 43.1. The minimum atomic E-state index is -4.09. The fourth-order valence-corrected chi connectivity index (χ4v) is 10.8. The predicted octanol–water partition coefficient (Wildman–Crippen LogP) is 8.35. The van der Waals surface area contributed by atoms with Crippen LogP contribution >= 0.6 is 11.6 Å². The number of rotatable bonds is 14. The van der Waals surface area contributed by atoms with Crippen molar-refractivity contribution in [3.63, 3.8) is 0 Å². The number of sulfonamides is 1. The zero-order valence-electron chi connectivity index (χ0n) is 35.4. The zero-order chi connectivity index (χ0) is 48.3. The summed E-state index contributed by atoms with van der Waals surface area (Å²) in [6.45, 7) is 1.19. The third-order valence-corrected chi connectivity index (χ3v) is 14.3. The van der Waals surface area contributed by atoms with Gasteiger partial charge in [-0.25, -0.2) is 49.7 Å². The van der Waals surface area contributed by atoms with E-state index >= 15 is 13.6 Å². The van der Waals surface area contributed by atoms with Gasteiger partial charge in [0.05, 0.1) is 49.5 Å². The van der Waals surface area contributed by atoms with Gasteiger partial charge in [-0.2, -0.15) is 19.0 Å². The second kappa shape index (κ2) is 16.3. The Kier molecular flexibility index (Phi) is 10.9. The van der Waals surface area contributed by atoms with E-state index in [2.05, 4.69) is 30.2 Å². The average Bonchev–Trinajstić information content (AvgIpc) is 4.17. The first kappa shape index (κ1) is 45.3. The van der Waals surface area contributed by atoms with Crippen molar-refractivity contribution in [3.05, 3.63) is 121 Å². The van der Waals surface area contributed by atoms with Gasteiger partial charge in [0.2, 0.25) is 15.9 Å². The van der Waals surface area contributed by atoms with Crippen molar-refractivity contribution in [2.75, 3.05) is 4.72 Å². The molecule has 0 aliphatic heterocycles. The highest BCUT2D eigenvalue weighted by Gasteiger charge is 2.67. The molecular weight excluding hydrogens is 952 g/mol. The lowest BCUT2D eigenvalue weighted by atomic mass is 10.0. The highest BCUT2D eigenvalue weighted by molar-refractivity contribution is 7.93. The smallest absolute Gasteiger partial charge is 0.293 e. The van der Waals surface area contributed by atoms with Gasteiger partial charge in [0, 0.05) is 35.2 Å². The molecule has 2 N–H and O–H groups in total. The van der Waals surface area contributed by atoms with E-state index in [1.165, 1.54) is 24.3 Å². The topological polar surface area (TPSA) is 172 Å². The molecule has 354 valence electrons. The lowest BCUT2D eigenvalue weighted by molar-refractivity contribution is -0.123. The standard InChI is InChI=1S/C44H35ClF8N10O4S/c1-18-9-29(55-19(2)54-18)21-3-6-25-30(13-21)57-42(63(43(25)65)32-8-7-28(45)36-38(32)61(16-33(48)49)59-41(36)60-68(66,67)24-4-5-24)31(12-20-10-22(46)14-23(47)11-20)56-34(64)17-62-39-35(37(58-62)40(50)51)26-15-27(26)44(39,52)53/h3,6-11,13-14,24,26-27,31,33,40H,4-5,12,15-17H2,1-2H3,(H,56,64)(H,59,60)/t26-,27+,31-/m0/s1. The molecule has 0 spiro atoms. The third kappa shape index (κ3) is 8.01. The van der Waals surface area contributed by atoms with Gasteiger partial charge in [0.15, 0.2) is 5.82 Å². The molecule has 3 aliphatic carbocycles. The van der Waals surface area contributed by atoms with Crippen LogP contribution in [0, 0.1) is 31.4 Å². The van der Waals surface area contributed by atoms with Crippen LogP contribution in [0.25, 0.3) is 38.8 Å². The Morgan fingerprint density at radius 2 is 1.68 bits per heavy atom. The zero-order valence-corrected chi connectivity index (χ0v) is 37.0. The molecule has 14 nitrogen and oxygen atoms in total. The molecule has 3 atom stereocenters. The second-order valence-corrected chi connectivity index (χ2v) is 19.5. The maximum absolute atomic E-state index is 15.6. The van der Waals surface area contributed by atoms with E-state index in [0.29, 0.717) is 46.4 Å². The minimum absolute atomic E-state index is 0.0353. The number of carbonyl (C=O) groups is 1. The molecule has 2 fully saturated rings. The number of fused-ring (bicyclic) bond motifs is 5. The van der Waals surface area contributed by atoms with Crippen LogP contribution in [0.4, 0.5) is 40.9 Å². The first-order valence-electron chi connectivity index (χ1n) is 21.1. The first-order chi connectivity index (χ1) is 32.2. The largest absolute Gasteiger partial charge is 0.344 e. The van der Waals surface area contributed by atoms with Crippen molar-refractivity contribution in [2.45, 2.75) is 88.6 Å². The van der Waals surface area contributed by atoms with Crippen molar-refractivity contribution in [1.29, 1.82) is 0 Å². The monoisotopic (exact) mass is 986 g/mol. The van der Waals surface area contributed by atoms with E-state index in [9.17, 15) is 39.6 Å². The fraction of sp³-hybridized carbons (Fsp3) is 0.341. The number of anilines is 1. The van der Waals surface area contributed by atoms with E-state index < -0.39 is 118 Å². The summed E-state index contributed by atoms with van der Waals surface area (Å²) < 4.78 is 149. The van der Waals surface area contributed by atoms with Gasteiger partial charge < -0.3 is 5.32 Å². The van der Waals surface area contributed by atoms with Crippen LogP contribution in [0.15, 0.2) is 59.4 Å². The molecule has 24 heteroatoms. The molecule has 0 radical (unpaired) electrons. The number of benzene rings is 3. The summed E-state index contributed by atoms with van der Waals surface area (Å²) in [7, 11) is -4.09. The normalized spacial score (nSPS) is 17.8. The van der Waals surface area contributed by atoms with Crippen LogP contribution in [0.3, 0.4) is 0 Å². The third-order valence-electron chi connectivity index (χ3n) is 12.2. The number of hydrogen-bond donors (Lipinski definition) is 2. The Morgan fingerprint density at radius 3 is 2.35 bits per heavy atom. The summed E-state index contributed by atoms with van der Waals surface area (Å²) in [5.41, 5.74) is -2.26. The van der Waals surface area contributed by atoms with Gasteiger partial charge in [-0.05, 0) is 87.1 Å². The van der Waals surface area contributed by atoms with E-state index in [1.54, 1.807) is 26.0 Å². The SMILES string of the molecule is Cc1cc(-c2ccc3c(=O)n(-c4ccc(Cl)c5c(NS(=O)(=O)C6CC6)nn(CC(F)F)c45)c([C@H](Cc4cc(F)cc(F)c4)NC(=O)Cn4nc(C(F)F)c5c4C(F)(F)[C@@H]4C[C@H]54)nc3c2)nc(C)n1. The lowest BCUT2D eigenvalue weighted by Crippen LogP contribution is -2.38. The number of nitrogens with one attached hydrogen (secondary N) is 2. The summed E-state index contributed by atoms with van der Waals surface area (Å²) in [6, 6.07) is 9.34. The molecule has 0 bridgehead atoms. The number of aromatic nitrogens is 8. The maximum Gasteiger partial charge on any atom is 0.293 e. The van der Waals surface area contributed by atoms with Crippen molar-refractivity contribution >= 4 is 55.2 Å². The van der Waals surface area contributed by atoms with E-state index in [1.807, 2.05) is 0 Å². The summed E-state index contributed by atoms with van der Waals surface area (Å²) in [5, 5.41) is 9.24. The van der Waals surface area contributed by atoms with E-state index in [0.717, 1.165) is 21.4 Å². The Labute approximate surface area is 384 Å². The van der Waals surface area contributed by atoms with Crippen molar-refractivity contribution in [1.82, 2.24) is 44.4 Å². The second-order valence-electron chi connectivity index (χ2n) is 17.1. The Balaban J connectivity index is 1.20.